The Morgan fingerprint density at radius 3 is 2.67 bits per heavy atom. The van der Waals surface area contributed by atoms with Gasteiger partial charge in [0.15, 0.2) is 0 Å². The Bertz CT molecular complexity index is 1020. The Kier molecular flexibility index (Phi) is 4.75. The molecular formula is C17H16N2O7S. The first-order valence-corrected chi connectivity index (χ1v) is 9.31. The highest BCUT2D eigenvalue weighted by Crippen LogP contribution is 2.37. The van der Waals surface area contributed by atoms with Gasteiger partial charge < -0.3 is 9.47 Å². The Morgan fingerprint density at radius 1 is 1.30 bits per heavy atom. The number of benzene rings is 2. The molecule has 0 aliphatic carbocycles. The maximum absolute atomic E-state index is 13.2. The molecule has 0 saturated heterocycles. The fourth-order valence-corrected chi connectivity index (χ4v) is 4.25. The van der Waals surface area contributed by atoms with Gasteiger partial charge in [-0.15, -0.1) is 0 Å². The van der Waals surface area contributed by atoms with Crippen LogP contribution in [0.15, 0.2) is 47.4 Å². The van der Waals surface area contributed by atoms with Crippen molar-refractivity contribution in [2.24, 2.45) is 0 Å². The maximum atomic E-state index is 13.2. The van der Waals surface area contributed by atoms with Crippen molar-refractivity contribution in [2.75, 3.05) is 18.0 Å². The van der Waals surface area contributed by atoms with Gasteiger partial charge in [0.1, 0.15) is 5.75 Å². The summed E-state index contributed by atoms with van der Waals surface area (Å²) in [4.78, 5) is 22.2. The van der Waals surface area contributed by atoms with Crippen LogP contribution in [0.5, 0.6) is 5.75 Å². The summed E-state index contributed by atoms with van der Waals surface area (Å²) in [5, 5.41) is 11.2. The van der Waals surface area contributed by atoms with Crippen molar-refractivity contribution in [1.82, 2.24) is 0 Å². The Balaban J connectivity index is 2.11. The molecule has 2 aromatic carbocycles. The second kappa shape index (κ2) is 6.88. The highest BCUT2D eigenvalue weighted by atomic mass is 32.2. The fourth-order valence-electron chi connectivity index (χ4n) is 2.76. The molecule has 0 spiro atoms. The third kappa shape index (κ3) is 3.31. The predicted octanol–water partition coefficient (Wildman–Crippen LogP) is 2.03. The summed E-state index contributed by atoms with van der Waals surface area (Å²) >= 11 is 0. The molecular weight excluding hydrogens is 376 g/mol. The number of fused-ring (bicyclic) bond motifs is 1. The smallest absolute Gasteiger partial charge is 0.348 e. The molecule has 142 valence electrons. The highest BCUT2D eigenvalue weighted by Gasteiger charge is 2.38. The van der Waals surface area contributed by atoms with Gasteiger partial charge >= 0.3 is 5.97 Å². The van der Waals surface area contributed by atoms with Gasteiger partial charge in [0.05, 0.1) is 29.2 Å². The first-order chi connectivity index (χ1) is 12.8. The molecule has 0 aromatic heterocycles. The van der Waals surface area contributed by atoms with Crippen LogP contribution in [0.4, 0.5) is 11.4 Å². The van der Waals surface area contributed by atoms with Crippen LogP contribution < -0.4 is 9.04 Å². The average molecular weight is 392 g/mol. The third-order valence-corrected chi connectivity index (χ3v) is 5.94. The van der Waals surface area contributed by atoms with Crippen LogP contribution in [0.25, 0.3) is 0 Å². The largest absolute Gasteiger partial charge is 0.475 e. The van der Waals surface area contributed by atoms with Crippen molar-refractivity contribution in [3.05, 3.63) is 58.1 Å². The lowest BCUT2D eigenvalue weighted by Crippen LogP contribution is -2.47. The lowest BCUT2D eigenvalue weighted by molar-refractivity contribution is -0.385. The van der Waals surface area contributed by atoms with E-state index in [2.05, 4.69) is 4.74 Å². The zero-order chi connectivity index (χ0) is 19.8. The van der Waals surface area contributed by atoms with Gasteiger partial charge in [0, 0.05) is 11.6 Å². The summed E-state index contributed by atoms with van der Waals surface area (Å²) in [5.41, 5.74) is 0.275. The number of hydrogen-bond acceptors (Lipinski definition) is 7. The molecule has 0 bridgehead atoms. The third-order valence-electron chi connectivity index (χ3n) is 4.16. The fraction of sp³-hybridized carbons (Fsp3) is 0.235. The van der Waals surface area contributed by atoms with E-state index in [1.165, 1.54) is 38.3 Å². The van der Waals surface area contributed by atoms with E-state index in [9.17, 15) is 23.3 Å². The summed E-state index contributed by atoms with van der Waals surface area (Å²) in [6.07, 6.45) is -1.15. The number of aryl methyl sites for hydroxylation is 1. The van der Waals surface area contributed by atoms with E-state index in [0.717, 1.165) is 10.4 Å². The number of ether oxygens (including phenoxy) is 2. The zero-order valence-electron chi connectivity index (χ0n) is 14.5. The number of sulfonamides is 1. The van der Waals surface area contributed by atoms with Gasteiger partial charge in [-0.05, 0) is 25.1 Å². The molecule has 0 fully saturated rings. The second-order valence-corrected chi connectivity index (χ2v) is 7.70. The molecule has 0 radical (unpaired) electrons. The quantitative estimate of drug-likeness (QED) is 0.444. The van der Waals surface area contributed by atoms with Crippen LogP contribution in [0.1, 0.15) is 5.56 Å². The number of rotatable bonds is 4. The van der Waals surface area contributed by atoms with Gasteiger partial charge in [-0.3, -0.25) is 14.4 Å². The molecule has 2 aromatic rings. The van der Waals surface area contributed by atoms with Gasteiger partial charge in [-0.1, -0.05) is 18.2 Å². The number of nitro groups is 1. The van der Waals surface area contributed by atoms with Crippen LogP contribution in [0.2, 0.25) is 0 Å². The Hall–Kier alpha value is -3.14. The van der Waals surface area contributed by atoms with Crippen molar-refractivity contribution < 1.29 is 27.6 Å². The lowest BCUT2D eigenvalue weighted by atomic mass is 10.2. The topological polar surface area (TPSA) is 116 Å². The summed E-state index contributed by atoms with van der Waals surface area (Å²) in [5.74, 6) is -0.524. The van der Waals surface area contributed by atoms with Crippen molar-refractivity contribution in [3.8, 4) is 5.75 Å². The molecule has 3 rings (SSSR count). The normalized spacial score (nSPS) is 16.2. The van der Waals surface area contributed by atoms with E-state index < -0.39 is 27.0 Å². The summed E-state index contributed by atoms with van der Waals surface area (Å²) in [6.45, 7) is 1.21. The van der Waals surface area contributed by atoms with Gasteiger partial charge in [0.25, 0.3) is 15.7 Å². The molecule has 10 heteroatoms. The van der Waals surface area contributed by atoms with E-state index in [0.29, 0.717) is 5.56 Å². The standard InChI is InChI=1S/C17H16N2O7S/c1-11-7-8-12(9-14(11)19(21)22)27(23,24)18-10-16(17(20)25-2)26-15-6-4-3-5-13(15)18/h3-9,16H,10H2,1-2H3/t16-/m1/s1. The van der Waals surface area contributed by atoms with E-state index >= 15 is 0 Å². The molecule has 27 heavy (non-hydrogen) atoms. The van der Waals surface area contributed by atoms with E-state index in [1.54, 1.807) is 12.1 Å². The minimum Gasteiger partial charge on any atom is -0.475 e. The van der Waals surface area contributed by atoms with Gasteiger partial charge in [-0.25, -0.2) is 13.2 Å². The number of methoxy groups -OCH3 is 1. The number of carbonyl (C=O) groups excluding carboxylic acids is 1. The zero-order valence-corrected chi connectivity index (χ0v) is 15.3. The number of nitrogens with zero attached hydrogens (tertiary/aromatic N) is 2. The molecule has 1 heterocycles. The highest BCUT2D eigenvalue weighted by molar-refractivity contribution is 7.92. The number of esters is 1. The van der Waals surface area contributed by atoms with Crippen LogP contribution >= 0.6 is 0 Å². The van der Waals surface area contributed by atoms with Crippen molar-refractivity contribution in [2.45, 2.75) is 17.9 Å². The lowest BCUT2D eigenvalue weighted by Gasteiger charge is -2.34. The van der Waals surface area contributed by atoms with Crippen LogP contribution in [-0.2, 0) is 19.6 Å². The predicted molar refractivity (Wildman–Crippen MR) is 95.2 cm³/mol. The monoisotopic (exact) mass is 392 g/mol. The summed E-state index contributed by atoms with van der Waals surface area (Å²) < 4.78 is 37.6. The number of nitro benzene ring substituents is 1. The number of hydrogen-bond donors (Lipinski definition) is 0. The molecule has 0 N–H and O–H groups in total. The Morgan fingerprint density at radius 2 is 2.00 bits per heavy atom. The molecule has 0 unspecified atom stereocenters. The summed E-state index contributed by atoms with van der Waals surface area (Å²) in [7, 11) is -3.01. The SMILES string of the molecule is COC(=O)[C@H]1CN(S(=O)(=O)c2ccc(C)c([N+](=O)[O-])c2)c2ccccc2O1. The second-order valence-electron chi connectivity index (χ2n) is 5.84. The van der Waals surface area contributed by atoms with Crippen molar-refractivity contribution >= 4 is 27.4 Å². The molecule has 9 nitrogen and oxygen atoms in total. The first kappa shape index (κ1) is 18.6. The van der Waals surface area contributed by atoms with Crippen molar-refractivity contribution in [3.63, 3.8) is 0 Å². The van der Waals surface area contributed by atoms with Gasteiger partial charge in [-0.2, -0.15) is 0 Å². The first-order valence-electron chi connectivity index (χ1n) is 7.87. The molecule has 0 amide bonds. The minimum atomic E-state index is -4.18. The van der Waals surface area contributed by atoms with Crippen molar-refractivity contribution in [1.29, 1.82) is 0 Å². The van der Waals surface area contributed by atoms with Gasteiger partial charge in [0.2, 0.25) is 6.10 Å². The Labute approximate surface area is 155 Å². The molecule has 1 aliphatic rings. The molecule has 1 aliphatic heterocycles. The van der Waals surface area contributed by atoms with E-state index in [4.69, 9.17) is 4.74 Å². The van der Waals surface area contributed by atoms with Crippen LogP contribution in [0, 0.1) is 17.0 Å². The average Bonchev–Trinajstić information content (AvgIpc) is 2.66. The van der Waals surface area contributed by atoms with Crippen LogP contribution in [-0.4, -0.2) is 39.1 Å². The number of para-hydroxylation sites is 2. The molecule has 1 atom stereocenters. The number of carbonyl (C=O) groups is 1. The maximum Gasteiger partial charge on any atom is 0.348 e. The van der Waals surface area contributed by atoms with Crippen LogP contribution in [0.3, 0.4) is 0 Å². The summed E-state index contributed by atoms with van der Waals surface area (Å²) in [6, 6.07) is 10.0. The van der Waals surface area contributed by atoms with E-state index in [1.807, 2.05) is 0 Å². The minimum absolute atomic E-state index is 0.198. The number of anilines is 1. The van der Waals surface area contributed by atoms with E-state index in [-0.39, 0.29) is 28.6 Å². The molecule has 0 saturated carbocycles.